The smallest absolute Gasteiger partial charge is 0.475 e. The Hall–Kier alpha value is -3.25. The quantitative estimate of drug-likeness (QED) is 0.432. The Morgan fingerprint density at radius 2 is 1.89 bits per heavy atom. The minimum absolute atomic E-state index is 0.0206. The number of alkyl halides is 3. The molecule has 2 aromatic carbocycles. The van der Waals surface area contributed by atoms with Crippen LogP contribution in [0, 0.1) is 17.0 Å². The van der Waals surface area contributed by atoms with Crippen LogP contribution in [0.5, 0.6) is 0 Å². The van der Waals surface area contributed by atoms with Gasteiger partial charge in [-0.1, -0.05) is 29.8 Å². The van der Waals surface area contributed by atoms with Crippen LogP contribution in [0.25, 0.3) is 11.1 Å². The average molecular weight is 562 g/mol. The van der Waals surface area contributed by atoms with Crippen LogP contribution < -0.4 is 5.32 Å². The molecule has 38 heavy (non-hydrogen) atoms. The van der Waals surface area contributed by atoms with Crippen molar-refractivity contribution in [2.24, 2.45) is 0 Å². The van der Waals surface area contributed by atoms with Gasteiger partial charge in [-0.3, -0.25) is 15.1 Å². The van der Waals surface area contributed by atoms with E-state index in [2.05, 4.69) is 5.32 Å². The number of rotatable bonds is 3. The SMILES string of the molecule is C[C@H]1C[C@@H](N2C(=N)N[C@](C)(c3cccc(-c4ccc(F)cc4F)c3Cl)CC2=O)CCO1.O=C(O)C(F)(F)F. The lowest BCUT2D eigenvalue weighted by Crippen LogP contribution is -2.63. The summed E-state index contributed by atoms with van der Waals surface area (Å²) >= 11 is 6.67. The standard InChI is InChI=1S/C23H24ClF2N3O2.C2HF3O2/c1-13-10-15(8-9-31-13)29-20(30)12-23(2,28-22(29)27)18-5-3-4-17(21(18)24)16-7-6-14(25)11-19(16)26;3-2(4,5)1(6)7/h3-7,11,13,15H,8-10,12H2,1-2H3,(H2,27,28);(H,6,7)/t13-,15-,23-;/m0./s1. The van der Waals surface area contributed by atoms with Crippen LogP contribution in [0.1, 0.15) is 38.7 Å². The molecule has 0 aromatic heterocycles. The predicted molar refractivity (Wildman–Crippen MR) is 129 cm³/mol. The van der Waals surface area contributed by atoms with Gasteiger partial charge >= 0.3 is 12.1 Å². The number of hydrogen-bond donors (Lipinski definition) is 3. The van der Waals surface area contributed by atoms with Crippen molar-refractivity contribution in [1.29, 1.82) is 5.41 Å². The van der Waals surface area contributed by atoms with Gasteiger partial charge < -0.3 is 15.2 Å². The van der Waals surface area contributed by atoms with Crippen molar-refractivity contribution in [2.45, 2.75) is 57.0 Å². The molecule has 7 nitrogen and oxygen atoms in total. The van der Waals surface area contributed by atoms with Gasteiger partial charge in [-0.15, -0.1) is 0 Å². The van der Waals surface area contributed by atoms with E-state index in [1.165, 1.54) is 17.0 Å². The highest BCUT2D eigenvalue weighted by molar-refractivity contribution is 6.34. The lowest BCUT2D eigenvalue weighted by atomic mass is 9.84. The Morgan fingerprint density at radius 3 is 2.45 bits per heavy atom. The van der Waals surface area contributed by atoms with E-state index in [1.54, 1.807) is 25.1 Å². The molecule has 2 aliphatic rings. The maximum Gasteiger partial charge on any atom is 0.490 e. The molecule has 2 heterocycles. The Labute approximate surface area is 220 Å². The van der Waals surface area contributed by atoms with Crippen LogP contribution in [0.4, 0.5) is 22.0 Å². The van der Waals surface area contributed by atoms with Gasteiger partial charge in [-0.2, -0.15) is 13.2 Å². The van der Waals surface area contributed by atoms with E-state index < -0.39 is 29.3 Å². The van der Waals surface area contributed by atoms with E-state index in [1.807, 2.05) is 6.92 Å². The molecule has 2 fully saturated rings. The summed E-state index contributed by atoms with van der Waals surface area (Å²) in [6.45, 7) is 4.31. The van der Waals surface area contributed by atoms with E-state index in [9.17, 15) is 26.7 Å². The number of carboxylic acids is 1. The molecule has 0 aliphatic carbocycles. The van der Waals surface area contributed by atoms with Gasteiger partial charge in [0.2, 0.25) is 5.91 Å². The number of carbonyl (C=O) groups is 2. The third kappa shape index (κ3) is 6.41. The molecule has 0 spiro atoms. The number of amides is 1. The topological polar surface area (TPSA) is 103 Å². The highest BCUT2D eigenvalue weighted by Crippen LogP contribution is 2.40. The molecule has 13 heteroatoms. The van der Waals surface area contributed by atoms with Gasteiger partial charge in [0.05, 0.1) is 23.1 Å². The third-order valence-electron chi connectivity index (χ3n) is 6.29. The van der Waals surface area contributed by atoms with E-state index in [0.717, 1.165) is 6.07 Å². The fourth-order valence-electron chi connectivity index (χ4n) is 4.51. The third-order valence-corrected chi connectivity index (χ3v) is 6.70. The van der Waals surface area contributed by atoms with Crippen LogP contribution in [0.15, 0.2) is 36.4 Å². The van der Waals surface area contributed by atoms with Crippen molar-refractivity contribution in [1.82, 2.24) is 10.2 Å². The Morgan fingerprint density at radius 1 is 1.24 bits per heavy atom. The number of hydrogen-bond acceptors (Lipinski definition) is 4. The predicted octanol–water partition coefficient (Wildman–Crippen LogP) is 5.46. The number of nitrogens with zero attached hydrogens (tertiary/aromatic N) is 1. The molecule has 4 rings (SSSR count). The molecule has 2 saturated heterocycles. The average Bonchev–Trinajstić information content (AvgIpc) is 2.79. The fraction of sp³-hybridized carbons (Fsp3) is 0.400. The minimum atomic E-state index is -5.08. The molecular formula is C25H25ClF5N3O4. The number of ether oxygens (including phenoxy) is 1. The number of carbonyl (C=O) groups excluding carboxylic acids is 1. The van der Waals surface area contributed by atoms with E-state index in [4.69, 9.17) is 31.6 Å². The normalized spacial score (nSPS) is 23.8. The Kier molecular flexibility index (Phi) is 8.67. The molecule has 0 bridgehead atoms. The van der Waals surface area contributed by atoms with Gasteiger partial charge in [0.25, 0.3) is 0 Å². The highest BCUT2D eigenvalue weighted by atomic mass is 35.5. The van der Waals surface area contributed by atoms with Crippen LogP contribution >= 0.6 is 11.6 Å². The highest BCUT2D eigenvalue weighted by Gasteiger charge is 2.44. The number of nitrogens with one attached hydrogen (secondary N) is 2. The monoisotopic (exact) mass is 561 g/mol. The summed E-state index contributed by atoms with van der Waals surface area (Å²) in [7, 11) is 0. The molecule has 2 aliphatic heterocycles. The molecule has 3 atom stereocenters. The lowest BCUT2D eigenvalue weighted by molar-refractivity contribution is -0.192. The summed E-state index contributed by atoms with van der Waals surface area (Å²) in [4.78, 5) is 23.5. The van der Waals surface area contributed by atoms with Crippen LogP contribution in [0.2, 0.25) is 5.02 Å². The van der Waals surface area contributed by atoms with E-state index in [0.29, 0.717) is 30.6 Å². The Balaban J connectivity index is 0.000000505. The zero-order valence-corrected chi connectivity index (χ0v) is 21.1. The summed E-state index contributed by atoms with van der Waals surface area (Å²) < 4.78 is 65.0. The second-order valence-electron chi connectivity index (χ2n) is 9.20. The minimum Gasteiger partial charge on any atom is -0.475 e. The van der Waals surface area contributed by atoms with Crippen molar-refractivity contribution in [3.8, 4) is 11.1 Å². The lowest BCUT2D eigenvalue weighted by Gasteiger charge is -2.45. The van der Waals surface area contributed by atoms with Crippen molar-refractivity contribution < 1.29 is 41.4 Å². The van der Waals surface area contributed by atoms with Gasteiger partial charge in [0.1, 0.15) is 11.6 Å². The summed E-state index contributed by atoms with van der Waals surface area (Å²) in [6.07, 6.45) is -3.61. The van der Waals surface area contributed by atoms with Gasteiger partial charge in [0.15, 0.2) is 5.96 Å². The number of carboxylic acid groups (broad SMARTS) is 1. The van der Waals surface area contributed by atoms with Crippen molar-refractivity contribution in [2.75, 3.05) is 6.61 Å². The molecule has 0 radical (unpaired) electrons. The first-order valence-corrected chi connectivity index (χ1v) is 11.9. The number of aliphatic carboxylic acids is 1. The number of halogens is 6. The van der Waals surface area contributed by atoms with Crippen LogP contribution in [0.3, 0.4) is 0 Å². The van der Waals surface area contributed by atoms with Gasteiger partial charge in [-0.25, -0.2) is 13.6 Å². The van der Waals surface area contributed by atoms with Gasteiger partial charge in [-0.05, 0) is 44.4 Å². The van der Waals surface area contributed by atoms with Crippen molar-refractivity contribution >= 4 is 29.4 Å². The molecule has 0 saturated carbocycles. The maximum atomic E-state index is 14.4. The van der Waals surface area contributed by atoms with Crippen molar-refractivity contribution in [3.05, 3.63) is 58.6 Å². The molecule has 0 unspecified atom stereocenters. The van der Waals surface area contributed by atoms with Crippen LogP contribution in [-0.2, 0) is 19.9 Å². The zero-order valence-electron chi connectivity index (χ0n) is 20.3. The molecule has 2 aromatic rings. The fourth-order valence-corrected chi connectivity index (χ4v) is 4.95. The molecule has 1 amide bonds. The van der Waals surface area contributed by atoms with E-state index in [-0.39, 0.29) is 41.0 Å². The second-order valence-corrected chi connectivity index (χ2v) is 9.58. The van der Waals surface area contributed by atoms with Gasteiger partial charge in [0, 0.05) is 29.8 Å². The Bertz CT molecular complexity index is 1220. The summed E-state index contributed by atoms with van der Waals surface area (Å²) in [5.41, 5.74) is 0.213. The molecule has 3 N–H and O–H groups in total. The molecular weight excluding hydrogens is 537 g/mol. The number of benzene rings is 2. The largest absolute Gasteiger partial charge is 0.490 e. The number of guanidine groups is 1. The first-order chi connectivity index (χ1) is 17.6. The first kappa shape index (κ1) is 29.3. The maximum absolute atomic E-state index is 14.4. The zero-order chi connectivity index (χ0) is 28.4. The van der Waals surface area contributed by atoms with Crippen LogP contribution in [-0.4, -0.2) is 52.8 Å². The second kappa shape index (κ2) is 11.2. The van der Waals surface area contributed by atoms with E-state index >= 15 is 0 Å². The van der Waals surface area contributed by atoms with Crippen molar-refractivity contribution in [3.63, 3.8) is 0 Å². The molecule has 206 valence electrons. The first-order valence-electron chi connectivity index (χ1n) is 11.5. The summed E-state index contributed by atoms with van der Waals surface area (Å²) in [5.74, 6) is -4.29. The summed E-state index contributed by atoms with van der Waals surface area (Å²) in [5, 5.41) is 19.1. The summed E-state index contributed by atoms with van der Waals surface area (Å²) in [6, 6.07) is 8.36.